The second kappa shape index (κ2) is 2.93. The molecule has 0 amide bonds. The Balaban J connectivity index is 2.18. The van der Waals surface area contributed by atoms with Crippen molar-refractivity contribution in [3.8, 4) is 0 Å². The molecule has 0 nitrogen and oxygen atoms in total. The van der Waals surface area contributed by atoms with E-state index in [1.807, 2.05) is 0 Å². The molecule has 2 aliphatic carbocycles. The molecule has 12 heavy (non-hydrogen) atoms. The van der Waals surface area contributed by atoms with E-state index in [0.717, 1.165) is 11.8 Å². The van der Waals surface area contributed by atoms with Crippen LogP contribution in [0.5, 0.6) is 0 Å². The van der Waals surface area contributed by atoms with E-state index >= 15 is 0 Å². The predicted molar refractivity (Wildman–Crippen MR) is 52.9 cm³/mol. The molecule has 0 radical (unpaired) electrons. The van der Waals surface area contributed by atoms with Gasteiger partial charge in [0.2, 0.25) is 0 Å². The molecular formula is C12H16. The van der Waals surface area contributed by atoms with E-state index in [4.69, 9.17) is 0 Å². The van der Waals surface area contributed by atoms with Crippen molar-refractivity contribution in [3.63, 3.8) is 0 Å². The van der Waals surface area contributed by atoms with Crippen molar-refractivity contribution in [3.05, 3.63) is 35.5 Å². The van der Waals surface area contributed by atoms with Gasteiger partial charge in [-0.2, -0.15) is 0 Å². The van der Waals surface area contributed by atoms with Crippen LogP contribution in [0.3, 0.4) is 0 Å². The Morgan fingerprint density at radius 2 is 1.33 bits per heavy atom. The Bertz CT molecular complexity index is 238. The van der Waals surface area contributed by atoms with Crippen LogP contribution in [-0.2, 0) is 0 Å². The fourth-order valence-electron chi connectivity index (χ4n) is 2.00. The van der Waals surface area contributed by atoms with Gasteiger partial charge in [0.05, 0.1) is 0 Å². The Morgan fingerprint density at radius 3 is 1.58 bits per heavy atom. The normalized spacial score (nSPS) is 39.8. The molecule has 0 N–H and O–H groups in total. The van der Waals surface area contributed by atoms with E-state index < -0.39 is 0 Å². The van der Waals surface area contributed by atoms with E-state index in [2.05, 4.69) is 38.2 Å². The van der Waals surface area contributed by atoms with Gasteiger partial charge in [0.25, 0.3) is 0 Å². The maximum Gasteiger partial charge on any atom is -0.0216 e. The lowest BCUT2D eigenvalue weighted by molar-refractivity contribution is 0.730. The molecule has 0 saturated carbocycles. The molecule has 64 valence electrons. The first-order valence-electron chi connectivity index (χ1n) is 4.84. The first kappa shape index (κ1) is 7.85. The quantitative estimate of drug-likeness (QED) is 0.509. The summed E-state index contributed by atoms with van der Waals surface area (Å²) in [6.07, 6.45) is 11.8. The molecule has 0 saturated heterocycles. The summed E-state index contributed by atoms with van der Waals surface area (Å²) in [5, 5.41) is 0. The molecule has 2 unspecified atom stereocenters. The molecule has 0 heterocycles. The van der Waals surface area contributed by atoms with Crippen LogP contribution in [0.25, 0.3) is 0 Å². The van der Waals surface area contributed by atoms with Gasteiger partial charge >= 0.3 is 0 Å². The molecule has 0 heteroatoms. The summed E-state index contributed by atoms with van der Waals surface area (Å²) in [5.41, 5.74) is 3.14. The molecule has 0 aromatic heterocycles. The number of rotatable bonds is 0. The van der Waals surface area contributed by atoms with Crippen LogP contribution < -0.4 is 0 Å². The molecule has 2 rings (SSSR count). The zero-order valence-electron chi connectivity index (χ0n) is 7.88. The number of hydrogen-bond donors (Lipinski definition) is 0. The third-order valence-corrected chi connectivity index (χ3v) is 2.75. The van der Waals surface area contributed by atoms with Gasteiger partial charge in [-0.15, -0.1) is 0 Å². The van der Waals surface area contributed by atoms with Crippen LogP contribution in [0.1, 0.15) is 26.7 Å². The summed E-state index contributed by atoms with van der Waals surface area (Å²) in [6, 6.07) is 0. The maximum absolute atomic E-state index is 2.32. The van der Waals surface area contributed by atoms with Crippen LogP contribution in [-0.4, -0.2) is 0 Å². The minimum atomic E-state index is 0.761. The van der Waals surface area contributed by atoms with Crippen molar-refractivity contribution < 1.29 is 0 Å². The minimum absolute atomic E-state index is 0.761. The summed E-state index contributed by atoms with van der Waals surface area (Å²) < 4.78 is 0. The first-order valence-corrected chi connectivity index (χ1v) is 4.84. The predicted octanol–water partition coefficient (Wildman–Crippen LogP) is 3.48. The SMILES string of the molecule is CC1C=CC(=C2C=CC(C)C2)C1. The van der Waals surface area contributed by atoms with Crippen LogP contribution in [0.4, 0.5) is 0 Å². The third kappa shape index (κ3) is 1.38. The molecule has 0 aromatic rings. The highest BCUT2D eigenvalue weighted by Gasteiger charge is 2.15. The zero-order valence-corrected chi connectivity index (χ0v) is 7.88. The standard InChI is InChI=1S/C12H16/c1-9-3-5-11(7-9)12-6-4-10(2)8-12/h3-6,9-10H,7-8H2,1-2H3. The number of allylic oxidation sites excluding steroid dienone is 6. The highest BCUT2D eigenvalue weighted by molar-refractivity contribution is 5.40. The fourth-order valence-corrected chi connectivity index (χ4v) is 2.00. The van der Waals surface area contributed by atoms with Crippen molar-refractivity contribution in [1.82, 2.24) is 0 Å². The second-order valence-corrected chi connectivity index (χ2v) is 4.13. The topological polar surface area (TPSA) is 0 Å². The van der Waals surface area contributed by atoms with Crippen molar-refractivity contribution in [1.29, 1.82) is 0 Å². The van der Waals surface area contributed by atoms with E-state index in [-0.39, 0.29) is 0 Å². The second-order valence-electron chi connectivity index (χ2n) is 4.13. The first-order chi connectivity index (χ1) is 5.75. The Kier molecular flexibility index (Phi) is 1.92. The highest BCUT2D eigenvalue weighted by Crippen LogP contribution is 2.32. The average molecular weight is 160 g/mol. The van der Waals surface area contributed by atoms with Gasteiger partial charge in [-0.3, -0.25) is 0 Å². The number of hydrogen-bond acceptors (Lipinski definition) is 0. The lowest BCUT2D eigenvalue weighted by Crippen LogP contribution is -1.88. The van der Waals surface area contributed by atoms with Gasteiger partial charge in [0, 0.05) is 0 Å². The Labute approximate surface area is 74.7 Å². The fraction of sp³-hybridized carbons (Fsp3) is 0.500. The average Bonchev–Trinajstić information content (AvgIpc) is 2.58. The van der Waals surface area contributed by atoms with Gasteiger partial charge in [-0.05, 0) is 35.8 Å². The summed E-state index contributed by atoms with van der Waals surface area (Å²) >= 11 is 0. The van der Waals surface area contributed by atoms with Crippen molar-refractivity contribution >= 4 is 0 Å². The molecule has 0 aromatic carbocycles. The molecular weight excluding hydrogens is 144 g/mol. The largest absolute Gasteiger partial charge is 0.0811 e. The van der Waals surface area contributed by atoms with E-state index in [1.54, 1.807) is 11.1 Å². The molecule has 0 aliphatic heterocycles. The van der Waals surface area contributed by atoms with E-state index in [0.29, 0.717) is 0 Å². The summed E-state index contributed by atoms with van der Waals surface area (Å²) in [5.74, 6) is 1.52. The lowest BCUT2D eigenvalue weighted by Gasteiger charge is -2.03. The van der Waals surface area contributed by atoms with Gasteiger partial charge < -0.3 is 0 Å². The summed E-state index contributed by atoms with van der Waals surface area (Å²) in [4.78, 5) is 0. The highest BCUT2D eigenvalue weighted by atomic mass is 14.2. The van der Waals surface area contributed by atoms with Gasteiger partial charge in [0.15, 0.2) is 0 Å². The van der Waals surface area contributed by atoms with Crippen molar-refractivity contribution in [2.24, 2.45) is 11.8 Å². The van der Waals surface area contributed by atoms with Crippen LogP contribution in [0.2, 0.25) is 0 Å². The smallest absolute Gasteiger partial charge is 0.0216 e. The van der Waals surface area contributed by atoms with Gasteiger partial charge in [-0.25, -0.2) is 0 Å². The van der Waals surface area contributed by atoms with E-state index in [9.17, 15) is 0 Å². The monoisotopic (exact) mass is 160 g/mol. The minimum Gasteiger partial charge on any atom is -0.0811 e. The Hall–Kier alpha value is -0.780. The summed E-state index contributed by atoms with van der Waals surface area (Å²) in [6.45, 7) is 4.57. The molecule has 2 atom stereocenters. The van der Waals surface area contributed by atoms with Gasteiger partial charge in [0.1, 0.15) is 0 Å². The molecule has 0 bridgehead atoms. The van der Waals surface area contributed by atoms with Crippen LogP contribution >= 0.6 is 0 Å². The zero-order chi connectivity index (χ0) is 8.55. The maximum atomic E-state index is 2.32. The third-order valence-electron chi connectivity index (χ3n) is 2.75. The molecule has 2 aliphatic rings. The van der Waals surface area contributed by atoms with E-state index in [1.165, 1.54) is 12.8 Å². The summed E-state index contributed by atoms with van der Waals surface area (Å²) in [7, 11) is 0. The molecule has 0 fully saturated rings. The Morgan fingerprint density at radius 1 is 0.917 bits per heavy atom. The van der Waals surface area contributed by atoms with Crippen LogP contribution in [0, 0.1) is 11.8 Å². The van der Waals surface area contributed by atoms with Crippen molar-refractivity contribution in [2.45, 2.75) is 26.7 Å². The van der Waals surface area contributed by atoms with Crippen molar-refractivity contribution in [2.75, 3.05) is 0 Å². The lowest BCUT2D eigenvalue weighted by atomic mass is 10.0. The van der Waals surface area contributed by atoms with Crippen LogP contribution in [0.15, 0.2) is 35.5 Å². The molecule has 0 spiro atoms. The van der Waals surface area contributed by atoms with Gasteiger partial charge in [-0.1, -0.05) is 38.2 Å².